The van der Waals surface area contributed by atoms with Gasteiger partial charge in [0.05, 0.1) is 34.1 Å². The Hall–Kier alpha value is 0.680. The summed E-state index contributed by atoms with van der Waals surface area (Å²) in [6.45, 7) is 0. The van der Waals surface area contributed by atoms with E-state index in [-0.39, 0.29) is 0 Å². The molecule has 256 valence electrons. The number of hydrogen-bond acceptors (Lipinski definition) is 2. The average molecular weight is 1440 g/mol. The van der Waals surface area contributed by atoms with Crippen molar-refractivity contribution >= 4 is 225 Å². The second kappa shape index (κ2) is 19.0. The molecule has 6 aromatic rings. The van der Waals surface area contributed by atoms with Crippen molar-refractivity contribution in [3.8, 4) is 0 Å². The maximum absolute atomic E-state index is 3.70. The zero-order chi connectivity index (χ0) is 36.3. The molecular formula is C36H18Br12N2. The monoisotopic (exact) mass is 1430 g/mol. The van der Waals surface area contributed by atoms with Gasteiger partial charge in [-0.15, -0.1) is 0 Å². The second-order valence-corrected chi connectivity index (χ2v) is 20.9. The highest BCUT2D eigenvalue weighted by Gasteiger charge is 2.22. The lowest BCUT2D eigenvalue weighted by Gasteiger charge is -2.28. The third kappa shape index (κ3) is 10.5. The van der Waals surface area contributed by atoms with Gasteiger partial charge in [0.15, 0.2) is 0 Å². The molecule has 6 rings (SSSR count). The van der Waals surface area contributed by atoms with Gasteiger partial charge in [-0.1, -0.05) is 95.6 Å². The molecule has 0 spiro atoms. The summed E-state index contributed by atoms with van der Waals surface area (Å²) in [5.41, 5.74) is 6.22. The van der Waals surface area contributed by atoms with E-state index < -0.39 is 0 Å². The average Bonchev–Trinajstić information content (AvgIpc) is 3.03. The minimum absolute atomic E-state index is 0.992. The van der Waals surface area contributed by atoms with Crippen molar-refractivity contribution in [3.63, 3.8) is 0 Å². The van der Waals surface area contributed by atoms with Crippen LogP contribution in [0.3, 0.4) is 0 Å². The first kappa shape index (κ1) is 41.8. The molecular weight excluding hydrogens is 1420 g/mol. The number of rotatable bonds is 6. The third-order valence-electron chi connectivity index (χ3n) is 6.90. The fourth-order valence-electron chi connectivity index (χ4n) is 4.75. The van der Waals surface area contributed by atoms with E-state index in [1.165, 1.54) is 0 Å². The molecule has 0 heterocycles. The largest absolute Gasteiger partial charge is 0.307 e. The third-order valence-corrected chi connectivity index (χ3v) is 13.7. The topological polar surface area (TPSA) is 6.48 Å². The summed E-state index contributed by atoms with van der Waals surface area (Å²) in [7, 11) is 0. The van der Waals surface area contributed by atoms with Crippen LogP contribution in [0.4, 0.5) is 34.1 Å². The van der Waals surface area contributed by atoms with Gasteiger partial charge in [-0.2, -0.15) is 0 Å². The van der Waals surface area contributed by atoms with Crippen LogP contribution in [0.1, 0.15) is 0 Å². The second-order valence-electron chi connectivity index (χ2n) is 10.2. The number of nitrogens with zero attached hydrogens (tertiary/aromatic N) is 2. The standard InChI is InChI=1S/2C18H9Br6N/c2*19-10-1-4-16(13(22)7-10)25(17-5-2-11(20)8-14(17)23)18-6-3-12(21)9-15(18)24/h2*1-9H. The summed E-state index contributed by atoms with van der Waals surface area (Å²) in [6, 6.07) is 37.0. The van der Waals surface area contributed by atoms with Crippen molar-refractivity contribution < 1.29 is 0 Å². The SMILES string of the molecule is Brc1ccc(N(c2ccc(Br)cc2Br)c2ccc(Br)cc2Br)c(Br)c1.Brc1ccc(N(c2ccc(Br)cc2Br)c2ccc(Br)cc2Br)c(Br)c1. The van der Waals surface area contributed by atoms with Crippen LogP contribution in [-0.2, 0) is 0 Å². The van der Waals surface area contributed by atoms with Crippen LogP contribution in [-0.4, -0.2) is 0 Å². The molecule has 6 aromatic carbocycles. The van der Waals surface area contributed by atoms with Gasteiger partial charge < -0.3 is 9.80 Å². The molecule has 0 N–H and O–H groups in total. The predicted octanol–water partition coefficient (Wildman–Crippen LogP) is 19.5. The fourth-order valence-corrected chi connectivity index (χ4v) is 12.1. The van der Waals surface area contributed by atoms with Gasteiger partial charge in [-0.05, 0) is 205 Å². The van der Waals surface area contributed by atoms with Crippen LogP contribution in [0.25, 0.3) is 0 Å². The quantitative estimate of drug-likeness (QED) is 0.164. The van der Waals surface area contributed by atoms with Crippen molar-refractivity contribution in [1.82, 2.24) is 0 Å². The molecule has 0 amide bonds. The maximum Gasteiger partial charge on any atom is 0.0605 e. The highest BCUT2D eigenvalue weighted by molar-refractivity contribution is 9.12. The first-order valence-corrected chi connectivity index (χ1v) is 23.6. The molecule has 0 aliphatic heterocycles. The summed E-state index contributed by atoms with van der Waals surface area (Å²) in [5.74, 6) is 0. The number of hydrogen-bond donors (Lipinski definition) is 0. The zero-order valence-corrected chi connectivity index (χ0v) is 43.9. The van der Waals surface area contributed by atoms with Gasteiger partial charge in [0.2, 0.25) is 0 Å². The van der Waals surface area contributed by atoms with E-state index in [1.54, 1.807) is 0 Å². The Balaban J connectivity index is 0.000000194. The summed E-state index contributed by atoms with van der Waals surface area (Å²) in [4.78, 5) is 4.40. The Kier molecular flexibility index (Phi) is 15.9. The van der Waals surface area contributed by atoms with Gasteiger partial charge in [0, 0.05) is 53.7 Å². The van der Waals surface area contributed by atoms with Gasteiger partial charge in [-0.3, -0.25) is 0 Å². The highest BCUT2D eigenvalue weighted by atomic mass is 79.9. The minimum atomic E-state index is 0.992. The van der Waals surface area contributed by atoms with E-state index in [9.17, 15) is 0 Å². The van der Waals surface area contributed by atoms with Gasteiger partial charge in [0.25, 0.3) is 0 Å². The van der Waals surface area contributed by atoms with E-state index in [1.807, 2.05) is 72.8 Å². The normalized spacial score (nSPS) is 10.8. The van der Waals surface area contributed by atoms with Crippen molar-refractivity contribution in [2.45, 2.75) is 0 Å². The smallest absolute Gasteiger partial charge is 0.0605 e. The maximum atomic E-state index is 3.70. The van der Waals surface area contributed by atoms with Crippen LogP contribution in [0, 0.1) is 0 Å². The van der Waals surface area contributed by atoms with E-state index in [4.69, 9.17) is 0 Å². The lowest BCUT2D eigenvalue weighted by atomic mass is 10.2. The molecule has 0 atom stereocenters. The van der Waals surface area contributed by atoms with Gasteiger partial charge in [-0.25, -0.2) is 0 Å². The number of anilines is 6. The molecule has 0 saturated heterocycles. The summed E-state index contributed by atoms with van der Waals surface area (Å²) in [6.07, 6.45) is 0. The van der Waals surface area contributed by atoms with Gasteiger partial charge in [0.1, 0.15) is 0 Å². The molecule has 50 heavy (non-hydrogen) atoms. The van der Waals surface area contributed by atoms with E-state index in [0.717, 1.165) is 87.8 Å². The molecule has 0 bridgehead atoms. The highest BCUT2D eigenvalue weighted by Crippen LogP contribution is 2.48. The Morgan fingerprint density at radius 3 is 0.480 bits per heavy atom. The molecule has 0 aromatic heterocycles. The first-order valence-electron chi connectivity index (χ1n) is 14.0. The Labute approximate surface area is 392 Å². The molecule has 14 heteroatoms. The first-order chi connectivity index (χ1) is 23.7. The van der Waals surface area contributed by atoms with Crippen LogP contribution in [0.2, 0.25) is 0 Å². The number of benzene rings is 6. The Bertz CT molecular complexity index is 1790. The molecule has 0 saturated carbocycles. The van der Waals surface area contributed by atoms with Crippen LogP contribution < -0.4 is 9.80 Å². The zero-order valence-electron chi connectivity index (χ0n) is 24.8. The van der Waals surface area contributed by atoms with Crippen LogP contribution in [0.5, 0.6) is 0 Å². The van der Waals surface area contributed by atoms with Crippen LogP contribution in [0.15, 0.2) is 163 Å². The van der Waals surface area contributed by atoms with E-state index in [0.29, 0.717) is 0 Å². The predicted molar refractivity (Wildman–Crippen MR) is 255 cm³/mol. The van der Waals surface area contributed by atoms with Crippen molar-refractivity contribution in [2.24, 2.45) is 0 Å². The Morgan fingerprint density at radius 2 is 0.360 bits per heavy atom. The van der Waals surface area contributed by atoms with Gasteiger partial charge >= 0.3 is 0 Å². The van der Waals surface area contributed by atoms with Crippen molar-refractivity contribution in [1.29, 1.82) is 0 Å². The molecule has 0 aliphatic rings. The van der Waals surface area contributed by atoms with Crippen LogP contribution >= 0.6 is 191 Å². The molecule has 0 radical (unpaired) electrons. The van der Waals surface area contributed by atoms with Crippen molar-refractivity contribution in [2.75, 3.05) is 9.80 Å². The Morgan fingerprint density at radius 1 is 0.220 bits per heavy atom. The summed E-state index contributed by atoms with van der Waals surface area (Å²) in [5, 5.41) is 0. The lowest BCUT2D eigenvalue weighted by Crippen LogP contribution is -2.12. The van der Waals surface area contributed by atoms with E-state index in [2.05, 4.69) is 237 Å². The molecule has 0 unspecified atom stereocenters. The molecule has 0 fully saturated rings. The van der Waals surface area contributed by atoms with Crippen molar-refractivity contribution in [3.05, 3.63) is 163 Å². The number of halogens is 12. The van der Waals surface area contributed by atoms with E-state index >= 15 is 0 Å². The summed E-state index contributed by atoms with van der Waals surface area (Å²) < 4.78 is 12.1. The molecule has 2 nitrogen and oxygen atoms in total. The minimum Gasteiger partial charge on any atom is -0.307 e. The fraction of sp³-hybridized carbons (Fsp3) is 0. The lowest BCUT2D eigenvalue weighted by molar-refractivity contribution is 1.25. The summed E-state index contributed by atoms with van der Waals surface area (Å²) >= 11 is 43.4. The molecule has 0 aliphatic carbocycles.